The minimum atomic E-state index is -3.99. The molecule has 1 aromatic heterocycles. The molecule has 0 saturated carbocycles. The number of benzene rings is 2. The van der Waals surface area contributed by atoms with E-state index >= 15 is 0 Å². The third-order valence-corrected chi connectivity index (χ3v) is 8.40. The lowest BCUT2D eigenvalue weighted by molar-refractivity contribution is -0.138. The summed E-state index contributed by atoms with van der Waals surface area (Å²) >= 11 is 1.15. The zero-order valence-corrected chi connectivity index (χ0v) is 17.6. The van der Waals surface area contributed by atoms with E-state index in [2.05, 4.69) is 0 Å². The molecule has 0 spiro atoms. The highest BCUT2D eigenvalue weighted by atomic mass is 32.2. The third-order valence-electron chi connectivity index (χ3n) is 4.97. The first-order chi connectivity index (χ1) is 13.8. The van der Waals surface area contributed by atoms with Crippen LogP contribution in [-0.4, -0.2) is 39.6 Å². The van der Waals surface area contributed by atoms with E-state index < -0.39 is 22.0 Å². The SMILES string of the molecule is CN(C)c1ccc(-c2ccc(S(=O)(=O)N3c4ccccc4CC3C(=O)O)s2)cc1. The molecular formula is C21H20N2O4S2. The van der Waals surface area contributed by atoms with E-state index in [9.17, 15) is 18.3 Å². The second-order valence-corrected chi connectivity index (χ2v) is 10.2. The molecule has 8 heteroatoms. The minimum absolute atomic E-state index is 0.132. The van der Waals surface area contributed by atoms with Crippen molar-refractivity contribution < 1.29 is 18.3 Å². The van der Waals surface area contributed by atoms with Gasteiger partial charge in [0, 0.05) is 31.1 Å². The number of carboxylic acid groups (broad SMARTS) is 1. The number of nitrogens with zero attached hydrogens (tertiary/aromatic N) is 2. The summed E-state index contributed by atoms with van der Waals surface area (Å²) in [6, 6.07) is 17.0. The molecule has 0 amide bonds. The Morgan fingerprint density at radius 1 is 1.07 bits per heavy atom. The molecule has 6 nitrogen and oxygen atoms in total. The predicted octanol–water partition coefficient (Wildman–Crippen LogP) is 3.69. The standard InChI is InChI=1S/C21H20N2O4S2/c1-22(2)16-9-7-14(8-10-16)19-11-12-20(28-19)29(26,27)23-17-6-4-3-5-15(17)13-18(23)21(24)25/h3-12,18H,13H2,1-2H3,(H,24,25). The van der Waals surface area contributed by atoms with Gasteiger partial charge in [-0.15, -0.1) is 11.3 Å². The van der Waals surface area contributed by atoms with Crippen molar-refractivity contribution >= 4 is 38.7 Å². The molecule has 1 aliphatic heterocycles. The van der Waals surface area contributed by atoms with E-state index in [1.807, 2.05) is 43.3 Å². The lowest BCUT2D eigenvalue weighted by Gasteiger charge is -2.23. The molecule has 0 bridgehead atoms. The first kappa shape index (κ1) is 19.5. The maximum absolute atomic E-state index is 13.4. The molecule has 1 N–H and O–H groups in total. The molecule has 2 heterocycles. The average Bonchev–Trinajstić information content (AvgIpc) is 3.34. The number of fused-ring (bicyclic) bond motifs is 1. The van der Waals surface area contributed by atoms with Crippen LogP contribution < -0.4 is 9.21 Å². The first-order valence-electron chi connectivity index (χ1n) is 9.02. The van der Waals surface area contributed by atoms with Crippen LogP contribution in [0.2, 0.25) is 0 Å². The number of hydrogen-bond acceptors (Lipinski definition) is 5. The normalized spacial score (nSPS) is 15.9. The highest BCUT2D eigenvalue weighted by Gasteiger charge is 2.42. The van der Waals surface area contributed by atoms with Crippen LogP contribution in [0.15, 0.2) is 64.9 Å². The topological polar surface area (TPSA) is 77.9 Å². The van der Waals surface area contributed by atoms with Crippen molar-refractivity contribution in [1.82, 2.24) is 0 Å². The molecule has 1 unspecified atom stereocenters. The molecule has 1 aliphatic rings. The Labute approximate surface area is 173 Å². The van der Waals surface area contributed by atoms with Crippen molar-refractivity contribution in [3.63, 3.8) is 0 Å². The van der Waals surface area contributed by atoms with Crippen molar-refractivity contribution in [2.24, 2.45) is 0 Å². The zero-order chi connectivity index (χ0) is 20.8. The number of carbonyl (C=O) groups is 1. The number of sulfonamides is 1. The van der Waals surface area contributed by atoms with Crippen LogP contribution in [-0.2, 0) is 21.2 Å². The van der Waals surface area contributed by atoms with Gasteiger partial charge in [-0.3, -0.25) is 4.31 Å². The highest BCUT2D eigenvalue weighted by Crippen LogP contribution is 2.40. The maximum atomic E-state index is 13.4. The first-order valence-corrected chi connectivity index (χ1v) is 11.3. The molecule has 150 valence electrons. The van der Waals surface area contributed by atoms with E-state index in [0.717, 1.165) is 37.3 Å². The van der Waals surface area contributed by atoms with E-state index in [0.29, 0.717) is 5.69 Å². The Bertz CT molecular complexity index is 1170. The van der Waals surface area contributed by atoms with E-state index in [-0.39, 0.29) is 10.6 Å². The molecule has 2 aromatic carbocycles. The van der Waals surface area contributed by atoms with Gasteiger partial charge in [-0.05, 0) is 41.5 Å². The summed E-state index contributed by atoms with van der Waals surface area (Å²) in [4.78, 5) is 14.6. The van der Waals surface area contributed by atoms with Gasteiger partial charge in [0.1, 0.15) is 10.3 Å². The fourth-order valence-electron chi connectivity index (χ4n) is 3.48. The Hall–Kier alpha value is -2.84. The fraction of sp³-hybridized carbons (Fsp3) is 0.190. The molecule has 0 aliphatic carbocycles. The third kappa shape index (κ3) is 3.38. The van der Waals surface area contributed by atoms with Gasteiger partial charge in [-0.2, -0.15) is 0 Å². The molecule has 1 atom stereocenters. The van der Waals surface area contributed by atoms with Crippen LogP contribution in [0, 0.1) is 0 Å². The number of carboxylic acids is 1. The summed E-state index contributed by atoms with van der Waals surface area (Å²) in [6.45, 7) is 0. The second-order valence-electron chi connectivity index (χ2n) is 7.05. The lowest BCUT2D eigenvalue weighted by atomic mass is 10.1. The highest BCUT2D eigenvalue weighted by molar-refractivity contribution is 7.95. The monoisotopic (exact) mass is 428 g/mol. The van der Waals surface area contributed by atoms with Gasteiger partial charge < -0.3 is 10.0 Å². The average molecular weight is 429 g/mol. The number of hydrogen-bond donors (Lipinski definition) is 1. The molecule has 0 saturated heterocycles. The second kappa shape index (κ2) is 7.20. The van der Waals surface area contributed by atoms with Gasteiger partial charge in [0.2, 0.25) is 0 Å². The van der Waals surface area contributed by atoms with Crippen molar-refractivity contribution in [2.75, 3.05) is 23.3 Å². The summed E-state index contributed by atoms with van der Waals surface area (Å²) in [7, 11) is -0.0804. The van der Waals surface area contributed by atoms with Crippen molar-refractivity contribution in [3.8, 4) is 10.4 Å². The van der Waals surface area contributed by atoms with Gasteiger partial charge in [0.05, 0.1) is 5.69 Å². The van der Waals surface area contributed by atoms with Gasteiger partial charge in [0.25, 0.3) is 10.0 Å². The smallest absolute Gasteiger partial charge is 0.327 e. The van der Waals surface area contributed by atoms with Crippen molar-refractivity contribution in [1.29, 1.82) is 0 Å². The molecule has 0 radical (unpaired) electrons. The van der Waals surface area contributed by atoms with Crippen molar-refractivity contribution in [3.05, 3.63) is 66.2 Å². The van der Waals surface area contributed by atoms with Gasteiger partial charge in [-0.1, -0.05) is 30.3 Å². The van der Waals surface area contributed by atoms with E-state index in [4.69, 9.17) is 0 Å². The Balaban J connectivity index is 1.72. The Morgan fingerprint density at radius 3 is 2.41 bits per heavy atom. The molecular weight excluding hydrogens is 408 g/mol. The molecule has 3 aromatic rings. The zero-order valence-electron chi connectivity index (χ0n) is 15.9. The van der Waals surface area contributed by atoms with Crippen LogP contribution in [0.3, 0.4) is 0 Å². The Morgan fingerprint density at radius 2 is 1.76 bits per heavy atom. The van der Waals surface area contributed by atoms with Crippen LogP contribution in [0.25, 0.3) is 10.4 Å². The fourth-order valence-corrected chi connectivity index (χ4v) is 6.52. The van der Waals surface area contributed by atoms with E-state index in [1.165, 1.54) is 0 Å². The number of anilines is 2. The molecule has 29 heavy (non-hydrogen) atoms. The number of para-hydroxylation sites is 1. The largest absolute Gasteiger partial charge is 0.480 e. The van der Waals surface area contributed by atoms with Gasteiger partial charge in [0.15, 0.2) is 0 Å². The maximum Gasteiger partial charge on any atom is 0.327 e. The summed E-state index contributed by atoms with van der Waals surface area (Å²) < 4.78 is 27.9. The summed E-state index contributed by atoms with van der Waals surface area (Å²) in [5.74, 6) is -1.15. The van der Waals surface area contributed by atoms with Crippen LogP contribution >= 0.6 is 11.3 Å². The number of thiophene rings is 1. The molecule has 4 rings (SSSR count). The van der Waals surface area contributed by atoms with Gasteiger partial charge >= 0.3 is 5.97 Å². The van der Waals surface area contributed by atoms with Crippen LogP contribution in [0.5, 0.6) is 0 Å². The lowest BCUT2D eigenvalue weighted by Crippen LogP contribution is -2.42. The van der Waals surface area contributed by atoms with Crippen molar-refractivity contribution in [2.45, 2.75) is 16.7 Å². The Kier molecular flexibility index (Phi) is 4.84. The summed E-state index contributed by atoms with van der Waals surface area (Å²) in [5, 5.41) is 9.61. The van der Waals surface area contributed by atoms with E-state index in [1.54, 1.807) is 36.4 Å². The number of rotatable bonds is 5. The van der Waals surface area contributed by atoms with Gasteiger partial charge in [-0.25, -0.2) is 13.2 Å². The van der Waals surface area contributed by atoms with Crippen LogP contribution in [0.1, 0.15) is 5.56 Å². The van der Waals surface area contributed by atoms with Crippen LogP contribution in [0.4, 0.5) is 11.4 Å². The predicted molar refractivity (Wildman–Crippen MR) is 115 cm³/mol. The quantitative estimate of drug-likeness (QED) is 0.671. The number of aliphatic carboxylic acids is 1. The summed E-state index contributed by atoms with van der Waals surface area (Å²) in [5.41, 5.74) is 3.12. The summed E-state index contributed by atoms with van der Waals surface area (Å²) in [6.07, 6.45) is 0.162. The molecule has 0 fully saturated rings. The minimum Gasteiger partial charge on any atom is -0.480 e.